The lowest BCUT2D eigenvalue weighted by Crippen LogP contribution is -2.31. The molecule has 1 N–H and O–H groups in total. The van der Waals surface area contributed by atoms with Crippen molar-refractivity contribution in [2.24, 2.45) is 0 Å². The Balaban J connectivity index is 2.09. The number of nitrogens with zero attached hydrogens (tertiary/aromatic N) is 1. The first-order valence-electron chi connectivity index (χ1n) is 5.61. The fraction of sp³-hybridized carbons (Fsp3) is 0.154. The topological polar surface area (TPSA) is 71.9 Å². The predicted octanol–water partition coefficient (Wildman–Crippen LogP) is 0.487. The van der Waals surface area contributed by atoms with Crippen molar-refractivity contribution in [1.82, 2.24) is 9.78 Å². The molecular formula is C13H11FN2O3. The zero-order valence-electron chi connectivity index (χ0n) is 9.93. The quantitative estimate of drug-likeness (QED) is 0.871. The number of carbonyl (C=O) groups excluding carboxylic acids is 1. The van der Waals surface area contributed by atoms with Crippen LogP contribution >= 0.6 is 0 Å². The molecule has 6 heteroatoms. The van der Waals surface area contributed by atoms with Crippen LogP contribution in [-0.2, 0) is 17.8 Å². The molecule has 98 valence electrons. The lowest BCUT2D eigenvalue weighted by molar-refractivity contribution is -0.119. The molecule has 0 unspecified atom stereocenters. The molecule has 1 aromatic carbocycles. The van der Waals surface area contributed by atoms with E-state index in [9.17, 15) is 18.8 Å². The van der Waals surface area contributed by atoms with E-state index in [-0.39, 0.29) is 24.6 Å². The number of Topliss-reactive ketones (excluding diaryl/α,β-unsaturated/α-hetero) is 1. The van der Waals surface area contributed by atoms with Crippen molar-refractivity contribution in [1.29, 1.82) is 0 Å². The molecule has 0 bridgehead atoms. The molecule has 0 spiro atoms. The first-order chi connectivity index (χ1) is 9.04. The van der Waals surface area contributed by atoms with Crippen molar-refractivity contribution in [2.75, 3.05) is 0 Å². The first-order valence-corrected chi connectivity index (χ1v) is 5.61. The second kappa shape index (κ2) is 5.43. The van der Waals surface area contributed by atoms with E-state index in [4.69, 9.17) is 0 Å². The number of hydrogen-bond acceptors (Lipinski definition) is 3. The van der Waals surface area contributed by atoms with Gasteiger partial charge in [-0.2, -0.15) is 0 Å². The predicted molar refractivity (Wildman–Crippen MR) is 66.4 cm³/mol. The minimum atomic E-state index is -0.452. The van der Waals surface area contributed by atoms with Gasteiger partial charge in [-0.1, -0.05) is 12.1 Å². The molecule has 0 fully saturated rings. The van der Waals surface area contributed by atoms with Gasteiger partial charge in [0, 0.05) is 18.6 Å². The Morgan fingerprint density at radius 3 is 2.47 bits per heavy atom. The van der Waals surface area contributed by atoms with E-state index in [1.54, 1.807) is 0 Å². The highest BCUT2D eigenvalue weighted by Gasteiger charge is 2.07. The third-order valence-electron chi connectivity index (χ3n) is 2.54. The Kier molecular flexibility index (Phi) is 3.70. The minimum Gasteiger partial charge on any atom is -0.297 e. The van der Waals surface area contributed by atoms with E-state index in [0.717, 1.165) is 16.8 Å². The van der Waals surface area contributed by atoms with Gasteiger partial charge < -0.3 is 0 Å². The van der Waals surface area contributed by atoms with Gasteiger partial charge in [-0.25, -0.2) is 9.07 Å². The third-order valence-corrected chi connectivity index (χ3v) is 2.54. The van der Waals surface area contributed by atoms with E-state index in [1.165, 1.54) is 24.3 Å². The van der Waals surface area contributed by atoms with E-state index < -0.39 is 11.1 Å². The molecule has 2 rings (SSSR count). The number of aromatic nitrogens is 2. The number of H-pyrrole nitrogens is 1. The van der Waals surface area contributed by atoms with Crippen LogP contribution in [0.25, 0.3) is 0 Å². The van der Waals surface area contributed by atoms with Gasteiger partial charge in [0.2, 0.25) is 0 Å². The average Bonchev–Trinajstić information content (AvgIpc) is 2.37. The number of ketones is 1. The van der Waals surface area contributed by atoms with Crippen molar-refractivity contribution in [3.63, 3.8) is 0 Å². The maximum Gasteiger partial charge on any atom is 0.265 e. The summed E-state index contributed by atoms with van der Waals surface area (Å²) in [7, 11) is 0. The summed E-state index contributed by atoms with van der Waals surface area (Å²) in [6.45, 7) is -0.216. The van der Waals surface area contributed by atoms with Crippen LogP contribution < -0.4 is 11.1 Å². The Labute approximate surface area is 107 Å². The zero-order chi connectivity index (χ0) is 13.8. The molecule has 0 saturated heterocycles. The largest absolute Gasteiger partial charge is 0.297 e. The Bertz CT molecular complexity index is 701. The molecule has 0 amide bonds. The third kappa shape index (κ3) is 3.48. The fourth-order valence-corrected chi connectivity index (χ4v) is 1.64. The molecular weight excluding hydrogens is 251 g/mol. The highest BCUT2D eigenvalue weighted by Crippen LogP contribution is 2.04. The van der Waals surface area contributed by atoms with Crippen LogP contribution in [0.2, 0.25) is 0 Å². The van der Waals surface area contributed by atoms with Gasteiger partial charge in [0.15, 0.2) is 5.78 Å². The van der Waals surface area contributed by atoms with Gasteiger partial charge in [-0.05, 0) is 17.7 Å². The minimum absolute atomic E-state index is 0.0731. The number of halogens is 1. The highest BCUT2D eigenvalue weighted by atomic mass is 19.1. The van der Waals surface area contributed by atoms with Crippen LogP contribution in [0.1, 0.15) is 5.56 Å². The first kappa shape index (κ1) is 12.9. The van der Waals surface area contributed by atoms with Crippen molar-refractivity contribution in [3.8, 4) is 0 Å². The Morgan fingerprint density at radius 1 is 1.11 bits per heavy atom. The smallest absolute Gasteiger partial charge is 0.265 e. The monoisotopic (exact) mass is 262 g/mol. The van der Waals surface area contributed by atoms with Crippen LogP contribution in [0, 0.1) is 5.82 Å². The normalized spacial score (nSPS) is 10.4. The highest BCUT2D eigenvalue weighted by molar-refractivity contribution is 5.80. The number of nitrogens with one attached hydrogen (secondary N) is 1. The molecule has 0 aliphatic rings. The van der Waals surface area contributed by atoms with Gasteiger partial charge in [0.05, 0.1) is 0 Å². The lowest BCUT2D eigenvalue weighted by atomic mass is 10.1. The van der Waals surface area contributed by atoms with Crippen LogP contribution in [-0.4, -0.2) is 15.6 Å². The number of benzene rings is 1. The van der Waals surface area contributed by atoms with Gasteiger partial charge in [0.1, 0.15) is 12.4 Å². The van der Waals surface area contributed by atoms with Crippen molar-refractivity contribution < 1.29 is 9.18 Å². The Hall–Kier alpha value is -2.50. The summed E-state index contributed by atoms with van der Waals surface area (Å²) in [6, 6.07) is 7.74. The number of aromatic amines is 1. The summed E-state index contributed by atoms with van der Waals surface area (Å²) in [4.78, 5) is 34.2. The van der Waals surface area contributed by atoms with Gasteiger partial charge >= 0.3 is 0 Å². The number of carbonyl (C=O) groups is 1. The van der Waals surface area contributed by atoms with Crippen molar-refractivity contribution in [3.05, 3.63) is 68.5 Å². The Morgan fingerprint density at radius 2 is 1.79 bits per heavy atom. The maximum atomic E-state index is 12.7. The summed E-state index contributed by atoms with van der Waals surface area (Å²) in [5.74, 6) is -0.629. The standard InChI is InChI=1S/C13H11FN2O3/c14-10-3-1-9(2-4-10)7-11(17)8-16-13(19)6-5-12(18)15-16/h1-6H,7-8H2,(H,15,18). The van der Waals surface area contributed by atoms with E-state index in [1.807, 2.05) is 0 Å². The number of rotatable bonds is 4. The summed E-state index contributed by atoms with van der Waals surface area (Å²) in [5, 5.41) is 2.27. The van der Waals surface area contributed by atoms with Crippen LogP contribution in [0.4, 0.5) is 4.39 Å². The molecule has 0 aliphatic carbocycles. The van der Waals surface area contributed by atoms with E-state index in [2.05, 4.69) is 5.10 Å². The zero-order valence-corrected chi connectivity index (χ0v) is 9.93. The summed E-state index contributed by atoms with van der Waals surface area (Å²) < 4.78 is 13.7. The summed E-state index contributed by atoms with van der Waals surface area (Å²) >= 11 is 0. The lowest BCUT2D eigenvalue weighted by Gasteiger charge is -2.04. The van der Waals surface area contributed by atoms with E-state index in [0.29, 0.717) is 5.56 Å². The summed E-state index contributed by atoms with van der Waals surface area (Å²) in [5.41, 5.74) is -0.251. The van der Waals surface area contributed by atoms with Gasteiger partial charge in [-0.15, -0.1) is 0 Å². The molecule has 1 aromatic heterocycles. The second-order valence-electron chi connectivity index (χ2n) is 4.08. The van der Waals surface area contributed by atoms with Crippen molar-refractivity contribution >= 4 is 5.78 Å². The van der Waals surface area contributed by atoms with Gasteiger partial charge in [0.25, 0.3) is 11.1 Å². The molecule has 1 heterocycles. The van der Waals surface area contributed by atoms with Crippen LogP contribution in [0.3, 0.4) is 0 Å². The molecule has 5 nitrogen and oxygen atoms in total. The van der Waals surface area contributed by atoms with Gasteiger partial charge in [-0.3, -0.25) is 19.5 Å². The van der Waals surface area contributed by atoms with Crippen LogP contribution in [0.5, 0.6) is 0 Å². The maximum absolute atomic E-state index is 12.7. The van der Waals surface area contributed by atoms with Crippen molar-refractivity contribution in [2.45, 2.75) is 13.0 Å². The summed E-state index contributed by atoms with van der Waals surface area (Å²) in [6.07, 6.45) is 0.0731. The second-order valence-corrected chi connectivity index (χ2v) is 4.08. The van der Waals surface area contributed by atoms with Crippen LogP contribution in [0.15, 0.2) is 46.0 Å². The average molecular weight is 262 g/mol. The molecule has 0 saturated carbocycles. The molecule has 0 aliphatic heterocycles. The molecule has 19 heavy (non-hydrogen) atoms. The molecule has 0 atom stereocenters. The fourth-order valence-electron chi connectivity index (χ4n) is 1.64. The molecule has 2 aromatic rings. The molecule has 0 radical (unpaired) electrons. The van der Waals surface area contributed by atoms with E-state index >= 15 is 0 Å². The number of hydrogen-bond donors (Lipinski definition) is 1. The SMILES string of the molecule is O=C(Cc1ccc(F)cc1)Cn1[nH]c(=O)ccc1=O.